The molecular weight excluding hydrogens is 276 g/mol. The molecule has 2 atom stereocenters. The van der Waals surface area contributed by atoms with Crippen LogP contribution in [0.5, 0.6) is 17.2 Å². The van der Waals surface area contributed by atoms with Crippen molar-refractivity contribution in [2.75, 3.05) is 19.7 Å². The first-order chi connectivity index (χ1) is 10.9. The Morgan fingerprint density at radius 3 is 2.68 bits per heavy atom. The first kappa shape index (κ1) is 13.6. The lowest BCUT2D eigenvalue weighted by Crippen LogP contribution is -2.12. The summed E-state index contributed by atoms with van der Waals surface area (Å²) in [6, 6.07) is 12.1. The Balaban J connectivity index is 1.30. The number of hydrogen-bond acceptors (Lipinski definition) is 4. The van der Waals surface area contributed by atoms with Crippen LogP contribution in [0.15, 0.2) is 48.8 Å². The Labute approximate surface area is 130 Å². The van der Waals surface area contributed by atoms with Crippen molar-refractivity contribution in [2.24, 2.45) is 5.92 Å². The summed E-state index contributed by atoms with van der Waals surface area (Å²) in [4.78, 5) is 6.49. The highest BCUT2D eigenvalue weighted by Gasteiger charge is 2.38. The average molecular weight is 296 g/mol. The minimum absolute atomic E-state index is 0.602. The minimum Gasteiger partial charge on any atom is -0.492 e. The molecular formula is C18H20N2O2. The topological polar surface area (TPSA) is 34.4 Å². The molecule has 1 aliphatic heterocycles. The summed E-state index contributed by atoms with van der Waals surface area (Å²) in [6.45, 7) is 3.22. The number of pyridine rings is 1. The summed E-state index contributed by atoms with van der Waals surface area (Å²) in [5, 5.41) is 0. The van der Waals surface area contributed by atoms with Gasteiger partial charge in [-0.3, -0.25) is 9.88 Å². The third kappa shape index (κ3) is 3.57. The lowest BCUT2D eigenvalue weighted by atomic mass is 10.3. The molecule has 1 aliphatic carbocycles. The predicted octanol–water partition coefficient (Wildman–Crippen LogP) is 3.35. The molecule has 1 aromatic heterocycles. The number of ether oxygens (including phenoxy) is 2. The average Bonchev–Trinajstić information content (AvgIpc) is 3.46. The van der Waals surface area contributed by atoms with E-state index in [1.807, 2.05) is 36.4 Å². The molecule has 0 amide bonds. The van der Waals surface area contributed by atoms with Gasteiger partial charge < -0.3 is 9.47 Å². The van der Waals surface area contributed by atoms with Crippen molar-refractivity contribution >= 4 is 0 Å². The molecule has 2 heterocycles. The second-order valence-electron chi connectivity index (χ2n) is 6.12. The van der Waals surface area contributed by atoms with Gasteiger partial charge in [-0.25, -0.2) is 0 Å². The maximum Gasteiger partial charge on any atom is 0.131 e. The molecule has 22 heavy (non-hydrogen) atoms. The molecule has 1 saturated heterocycles. The van der Waals surface area contributed by atoms with Crippen LogP contribution in [0.1, 0.15) is 12.8 Å². The van der Waals surface area contributed by atoms with Crippen molar-refractivity contribution in [3.8, 4) is 17.2 Å². The van der Waals surface area contributed by atoms with Crippen LogP contribution >= 0.6 is 0 Å². The van der Waals surface area contributed by atoms with Crippen molar-refractivity contribution in [3.63, 3.8) is 0 Å². The summed E-state index contributed by atoms with van der Waals surface area (Å²) < 4.78 is 11.7. The van der Waals surface area contributed by atoms with Crippen LogP contribution in [0.2, 0.25) is 0 Å². The van der Waals surface area contributed by atoms with Gasteiger partial charge in [0.05, 0.1) is 6.04 Å². The molecule has 0 spiro atoms. The molecule has 0 radical (unpaired) electrons. The Hall–Kier alpha value is -2.07. The molecule has 4 rings (SSSR count). The smallest absolute Gasteiger partial charge is 0.131 e. The largest absolute Gasteiger partial charge is 0.492 e. The summed E-state index contributed by atoms with van der Waals surface area (Å²) in [7, 11) is 0. The van der Waals surface area contributed by atoms with Gasteiger partial charge in [-0.05, 0) is 43.0 Å². The van der Waals surface area contributed by atoms with E-state index in [1.54, 1.807) is 12.4 Å². The van der Waals surface area contributed by atoms with Crippen LogP contribution in [0.3, 0.4) is 0 Å². The maximum absolute atomic E-state index is 5.91. The van der Waals surface area contributed by atoms with Gasteiger partial charge in [-0.15, -0.1) is 0 Å². The Kier molecular flexibility index (Phi) is 3.69. The molecule has 2 aromatic rings. The summed E-state index contributed by atoms with van der Waals surface area (Å²) in [5.41, 5.74) is 0. The molecule has 0 N–H and O–H groups in total. The Morgan fingerprint density at radius 2 is 1.86 bits per heavy atom. The fourth-order valence-electron chi connectivity index (χ4n) is 2.60. The number of benzene rings is 1. The second kappa shape index (κ2) is 5.97. The van der Waals surface area contributed by atoms with E-state index in [2.05, 4.69) is 9.88 Å². The van der Waals surface area contributed by atoms with Crippen LogP contribution in [-0.4, -0.2) is 35.6 Å². The Morgan fingerprint density at radius 1 is 1.05 bits per heavy atom. The predicted molar refractivity (Wildman–Crippen MR) is 84.3 cm³/mol. The fraction of sp³-hybridized carbons (Fsp3) is 0.389. The second-order valence-corrected chi connectivity index (χ2v) is 6.12. The van der Waals surface area contributed by atoms with E-state index in [0.29, 0.717) is 6.04 Å². The van der Waals surface area contributed by atoms with Gasteiger partial charge in [0, 0.05) is 31.5 Å². The van der Waals surface area contributed by atoms with Gasteiger partial charge >= 0.3 is 0 Å². The first-order valence-electron chi connectivity index (χ1n) is 7.91. The van der Waals surface area contributed by atoms with Gasteiger partial charge in [0.2, 0.25) is 0 Å². The van der Waals surface area contributed by atoms with Gasteiger partial charge in [0.15, 0.2) is 0 Å². The standard InChI is InChI=1S/C18H20N2O2/c1-2-17(21-13-15-12-20(15)11-14-4-5-14)10-18(3-1)22-16-6-8-19-9-7-16/h1-3,6-10,14-15H,4-5,11-13H2. The summed E-state index contributed by atoms with van der Waals surface area (Å²) >= 11 is 0. The van der Waals surface area contributed by atoms with Crippen LogP contribution in [0.4, 0.5) is 0 Å². The third-order valence-corrected chi connectivity index (χ3v) is 4.15. The van der Waals surface area contributed by atoms with Crippen LogP contribution < -0.4 is 9.47 Å². The quantitative estimate of drug-likeness (QED) is 0.734. The SMILES string of the molecule is c1cc(OCC2CN2CC2CC2)cc(Oc2ccncc2)c1. The van der Waals surface area contributed by atoms with Gasteiger partial charge in [0.1, 0.15) is 23.9 Å². The highest BCUT2D eigenvalue weighted by Crippen LogP contribution is 2.34. The maximum atomic E-state index is 5.91. The van der Waals surface area contributed by atoms with E-state index < -0.39 is 0 Å². The molecule has 4 heteroatoms. The number of aromatic nitrogens is 1. The van der Waals surface area contributed by atoms with Crippen molar-refractivity contribution in [1.82, 2.24) is 9.88 Å². The van der Waals surface area contributed by atoms with Crippen molar-refractivity contribution in [3.05, 3.63) is 48.8 Å². The zero-order valence-electron chi connectivity index (χ0n) is 12.5. The number of rotatable bonds is 7. The van der Waals surface area contributed by atoms with Crippen LogP contribution in [0.25, 0.3) is 0 Å². The van der Waals surface area contributed by atoms with Crippen molar-refractivity contribution in [2.45, 2.75) is 18.9 Å². The number of hydrogen-bond donors (Lipinski definition) is 0. The van der Waals surface area contributed by atoms with E-state index in [-0.39, 0.29) is 0 Å². The molecule has 1 saturated carbocycles. The molecule has 1 aromatic carbocycles. The molecule has 0 bridgehead atoms. The first-order valence-corrected chi connectivity index (χ1v) is 7.91. The zero-order chi connectivity index (χ0) is 14.8. The lowest BCUT2D eigenvalue weighted by Gasteiger charge is -2.09. The third-order valence-electron chi connectivity index (χ3n) is 4.15. The van der Waals surface area contributed by atoms with E-state index in [4.69, 9.17) is 9.47 Å². The van der Waals surface area contributed by atoms with E-state index in [0.717, 1.165) is 29.8 Å². The minimum atomic E-state index is 0.602. The van der Waals surface area contributed by atoms with E-state index in [1.165, 1.54) is 25.9 Å². The van der Waals surface area contributed by atoms with Crippen molar-refractivity contribution < 1.29 is 9.47 Å². The van der Waals surface area contributed by atoms with Crippen LogP contribution in [-0.2, 0) is 0 Å². The Bertz CT molecular complexity index is 628. The number of nitrogens with zero attached hydrogens (tertiary/aromatic N) is 2. The molecule has 114 valence electrons. The van der Waals surface area contributed by atoms with Crippen LogP contribution in [0, 0.1) is 5.92 Å². The van der Waals surface area contributed by atoms with Gasteiger partial charge in [0.25, 0.3) is 0 Å². The van der Waals surface area contributed by atoms with Gasteiger partial charge in [-0.2, -0.15) is 0 Å². The molecule has 2 fully saturated rings. The molecule has 2 unspecified atom stereocenters. The highest BCUT2D eigenvalue weighted by atomic mass is 16.5. The molecule has 4 nitrogen and oxygen atoms in total. The summed E-state index contributed by atoms with van der Waals surface area (Å²) in [6.07, 6.45) is 6.27. The monoisotopic (exact) mass is 296 g/mol. The fourth-order valence-corrected chi connectivity index (χ4v) is 2.60. The summed E-state index contributed by atoms with van der Waals surface area (Å²) in [5.74, 6) is 3.39. The zero-order valence-corrected chi connectivity index (χ0v) is 12.5. The van der Waals surface area contributed by atoms with Crippen molar-refractivity contribution in [1.29, 1.82) is 0 Å². The lowest BCUT2D eigenvalue weighted by molar-refractivity contribution is 0.291. The normalized spacial score (nSPS) is 23.1. The van der Waals surface area contributed by atoms with Gasteiger partial charge in [-0.1, -0.05) is 6.07 Å². The van der Waals surface area contributed by atoms with E-state index in [9.17, 15) is 0 Å². The highest BCUT2D eigenvalue weighted by molar-refractivity contribution is 5.36. The molecule has 2 aliphatic rings. The van der Waals surface area contributed by atoms with E-state index >= 15 is 0 Å².